The van der Waals surface area contributed by atoms with Crippen molar-refractivity contribution < 1.29 is 19.4 Å². The molecule has 0 fully saturated rings. The maximum atomic E-state index is 11.3. The Balaban J connectivity index is 3.98. The van der Waals surface area contributed by atoms with Crippen LogP contribution < -0.4 is 5.32 Å². The third-order valence-corrected chi connectivity index (χ3v) is 2.35. The van der Waals surface area contributed by atoms with Gasteiger partial charge >= 0.3 is 12.1 Å². The third kappa shape index (κ3) is 9.66. The number of nitrogens with one attached hydrogen (secondary N) is 1. The van der Waals surface area contributed by atoms with Crippen molar-refractivity contribution in [3.05, 3.63) is 0 Å². The lowest BCUT2D eigenvalue weighted by molar-refractivity contribution is -0.137. The van der Waals surface area contributed by atoms with Crippen LogP contribution in [0, 0.1) is 0 Å². The molecule has 2 N–H and O–H groups in total. The number of unbranched alkanes of at least 4 members (excludes halogenated alkanes) is 1. The highest BCUT2D eigenvalue weighted by atomic mass is 16.6. The number of rotatable bonds is 9. The normalized spacial score (nSPS) is 11.9. The van der Waals surface area contributed by atoms with E-state index in [0.29, 0.717) is 13.0 Å². The molecular weight excluding hydrogens is 222 g/mol. The highest BCUT2D eigenvalue weighted by Crippen LogP contribution is 2.11. The van der Waals surface area contributed by atoms with Gasteiger partial charge in [0.15, 0.2) is 0 Å². The molecule has 0 heterocycles. The Morgan fingerprint density at radius 2 is 1.94 bits per heavy atom. The summed E-state index contributed by atoms with van der Waals surface area (Å²) >= 11 is 0. The molecule has 0 saturated heterocycles. The first-order valence-electron chi connectivity index (χ1n) is 6.26. The summed E-state index contributed by atoms with van der Waals surface area (Å²) in [6.07, 6.45) is 3.20. The second kappa shape index (κ2) is 9.93. The van der Waals surface area contributed by atoms with Gasteiger partial charge in [-0.15, -0.1) is 0 Å². The molecule has 5 nitrogen and oxygen atoms in total. The van der Waals surface area contributed by atoms with Crippen molar-refractivity contribution in [1.82, 2.24) is 5.32 Å². The van der Waals surface area contributed by atoms with E-state index in [1.807, 2.05) is 13.8 Å². The monoisotopic (exact) mass is 245 g/mol. The summed E-state index contributed by atoms with van der Waals surface area (Å²) in [4.78, 5) is 21.8. The molecule has 0 aliphatic rings. The highest BCUT2D eigenvalue weighted by molar-refractivity contribution is 5.68. The number of amides is 1. The number of alkyl carbamates (subject to hydrolysis) is 1. The number of carboxylic acids is 1. The largest absolute Gasteiger partial charge is 0.481 e. The molecule has 0 aromatic carbocycles. The average Bonchev–Trinajstić information content (AvgIpc) is 2.29. The lowest BCUT2D eigenvalue weighted by Gasteiger charge is -2.17. The summed E-state index contributed by atoms with van der Waals surface area (Å²) in [5, 5.41) is 11.2. The second-order valence-electron chi connectivity index (χ2n) is 4.03. The predicted molar refractivity (Wildman–Crippen MR) is 65.0 cm³/mol. The van der Waals surface area contributed by atoms with Crippen LogP contribution in [0.2, 0.25) is 0 Å². The van der Waals surface area contributed by atoms with Crippen LogP contribution in [0.3, 0.4) is 0 Å². The Kier molecular flexibility index (Phi) is 9.19. The van der Waals surface area contributed by atoms with E-state index in [1.165, 1.54) is 0 Å². The minimum atomic E-state index is -0.857. The first-order chi connectivity index (χ1) is 8.10. The fraction of sp³-hybridized carbons (Fsp3) is 0.833. The fourth-order valence-electron chi connectivity index (χ4n) is 1.40. The Bertz CT molecular complexity index is 231. The van der Waals surface area contributed by atoms with E-state index in [4.69, 9.17) is 9.84 Å². The summed E-state index contributed by atoms with van der Waals surface area (Å²) in [5.74, 6) is -0.857. The van der Waals surface area contributed by atoms with Gasteiger partial charge in [-0.1, -0.05) is 26.7 Å². The van der Waals surface area contributed by atoms with Crippen LogP contribution in [-0.2, 0) is 9.53 Å². The lowest BCUT2D eigenvalue weighted by Crippen LogP contribution is -2.29. The topological polar surface area (TPSA) is 75.6 Å². The molecule has 100 valence electrons. The summed E-state index contributed by atoms with van der Waals surface area (Å²) in [7, 11) is 0. The average molecular weight is 245 g/mol. The van der Waals surface area contributed by atoms with Crippen molar-refractivity contribution >= 4 is 12.1 Å². The van der Waals surface area contributed by atoms with Crippen LogP contribution in [0.4, 0.5) is 4.79 Å². The number of carbonyl (C=O) groups is 2. The number of aliphatic carboxylic acids is 1. The molecular formula is C12H23NO4. The van der Waals surface area contributed by atoms with Gasteiger partial charge in [0.1, 0.15) is 6.10 Å². The minimum absolute atomic E-state index is 0.0371. The SMILES string of the molecule is CCCCC(CCC(=O)O)OC(=O)NCCC. The Morgan fingerprint density at radius 3 is 2.47 bits per heavy atom. The lowest BCUT2D eigenvalue weighted by atomic mass is 10.1. The van der Waals surface area contributed by atoms with Gasteiger partial charge in [-0.3, -0.25) is 4.79 Å². The molecule has 1 amide bonds. The Labute approximate surface area is 103 Å². The summed E-state index contributed by atoms with van der Waals surface area (Å²) in [6, 6.07) is 0. The minimum Gasteiger partial charge on any atom is -0.481 e. The summed E-state index contributed by atoms with van der Waals surface area (Å²) < 4.78 is 5.19. The van der Waals surface area contributed by atoms with Crippen LogP contribution >= 0.6 is 0 Å². The van der Waals surface area contributed by atoms with Crippen molar-refractivity contribution in [2.45, 2.75) is 58.5 Å². The molecule has 0 spiro atoms. The molecule has 5 heteroatoms. The van der Waals surface area contributed by atoms with E-state index in [0.717, 1.165) is 25.7 Å². The molecule has 0 bridgehead atoms. The third-order valence-electron chi connectivity index (χ3n) is 2.35. The number of hydrogen-bond acceptors (Lipinski definition) is 3. The van der Waals surface area contributed by atoms with Crippen LogP contribution in [0.5, 0.6) is 0 Å². The molecule has 0 aromatic heterocycles. The van der Waals surface area contributed by atoms with Crippen molar-refractivity contribution in [3.8, 4) is 0 Å². The summed E-state index contributed by atoms with van der Waals surface area (Å²) in [5.41, 5.74) is 0. The van der Waals surface area contributed by atoms with Gasteiger partial charge in [-0.2, -0.15) is 0 Å². The van der Waals surface area contributed by atoms with Gasteiger partial charge < -0.3 is 15.2 Å². The molecule has 1 unspecified atom stereocenters. The van der Waals surface area contributed by atoms with Gasteiger partial charge in [0, 0.05) is 13.0 Å². The molecule has 0 aliphatic carbocycles. The van der Waals surface area contributed by atoms with Crippen molar-refractivity contribution in [3.63, 3.8) is 0 Å². The van der Waals surface area contributed by atoms with E-state index in [2.05, 4.69) is 5.32 Å². The molecule has 0 aromatic rings. The predicted octanol–water partition coefficient (Wildman–Crippen LogP) is 2.55. The van der Waals surface area contributed by atoms with E-state index in [9.17, 15) is 9.59 Å². The highest BCUT2D eigenvalue weighted by Gasteiger charge is 2.15. The van der Waals surface area contributed by atoms with Gasteiger partial charge in [-0.25, -0.2) is 4.79 Å². The standard InChI is InChI=1S/C12H23NO4/c1-3-5-6-10(7-8-11(14)15)17-12(16)13-9-4-2/h10H,3-9H2,1-2H3,(H,13,16)(H,14,15). The molecule has 0 saturated carbocycles. The van der Waals surface area contributed by atoms with E-state index < -0.39 is 12.1 Å². The molecule has 0 radical (unpaired) electrons. The Morgan fingerprint density at radius 1 is 1.24 bits per heavy atom. The van der Waals surface area contributed by atoms with E-state index in [-0.39, 0.29) is 12.5 Å². The van der Waals surface area contributed by atoms with Crippen molar-refractivity contribution in [2.24, 2.45) is 0 Å². The maximum Gasteiger partial charge on any atom is 0.407 e. The molecule has 17 heavy (non-hydrogen) atoms. The quantitative estimate of drug-likeness (QED) is 0.654. The first kappa shape index (κ1) is 15.7. The van der Waals surface area contributed by atoms with Gasteiger partial charge in [0.25, 0.3) is 0 Å². The number of carbonyl (C=O) groups excluding carboxylic acids is 1. The van der Waals surface area contributed by atoms with E-state index >= 15 is 0 Å². The van der Waals surface area contributed by atoms with Crippen LogP contribution in [0.15, 0.2) is 0 Å². The van der Waals surface area contributed by atoms with Crippen LogP contribution in [0.25, 0.3) is 0 Å². The van der Waals surface area contributed by atoms with Crippen LogP contribution in [0.1, 0.15) is 52.4 Å². The zero-order chi connectivity index (χ0) is 13.1. The number of hydrogen-bond donors (Lipinski definition) is 2. The number of ether oxygens (including phenoxy) is 1. The Hall–Kier alpha value is -1.26. The van der Waals surface area contributed by atoms with E-state index in [1.54, 1.807) is 0 Å². The fourth-order valence-corrected chi connectivity index (χ4v) is 1.40. The zero-order valence-electron chi connectivity index (χ0n) is 10.7. The van der Waals surface area contributed by atoms with Gasteiger partial charge in [0.2, 0.25) is 0 Å². The molecule has 1 atom stereocenters. The summed E-state index contributed by atoms with van der Waals surface area (Å²) in [6.45, 7) is 4.59. The molecule has 0 rings (SSSR count). The van der Waals surface area contributed by atoms with Crippen molar-refractivity contribution in [1.29, 1.82) is 0 Å². The first-order valence-corrected chi connectivity index (χ1v) is 6.26. The van der Waals surface area contributed by atoms with Gasteiger partial charge in [0.05, 0.1) is 0 Å². The molecule has 0 aliphatic heterocycles. The smallest absolute Gasteiger partial charge is 0.407 e. The van der Waals surface area contributed by atoms with Gasteiger partial charge in [-0.05, 0) is 19.3 Å². The zero-order valence-corrected chi connectivity index (χ0v) is 10.7. The van der Waals surface area contributed by atoms with Crippen LogP contribution in [-0.4, -0.2) is 29.8 Å². The maximum absolute atomic E-state index is 11.3. The second-order valence-corrected chi connectivity index (χ2v) is 4.03. The number of carboxylic acid groups (broad SMARTS) is 1. The van der Waals surface area contributed by atoms with Crippen molar-refractivity contribution in [2.75, 3.05) is 6.54 Å².